The van der Waals surface area contributed by atoms with Gasteiger partial charge in [-0.3, -0.25) is 10.0 Å². The lowest BCUT2D eigenvalue weighted by molar-refractivity contribution is -0.132. The molecule has 7 nitrogen and oxygen atoms in total. The minimum atomic E-state index is -3.89. The van der Waals surface area contributed by atoms with E-state index in [-0.39, 0.29) is 17.7 Å². The lowest BCUT2D eigenvalue weighted by Crippen LogP contribution is -2.52. The van der Waals surface area contributed by atoms with E-state index in [1.54, 1.807) is 17.6 Å². The molecule has 0 aromatic heterocycles. The second-order valence-electron chi connectivity index (χ2n) is 7.41. The topological polar surface area (TPSA) is 90.0 Å². The first-order chi connectivity index (χ1) is 12.9. The number of likely N-dealkylation sites (N-methyl/N-ethyl adjacent to an activating group) is 1. The number of hydrogen-bond donors (Lipinski definition) is 2. The van der Waals surface area contributed by atoms with Crippen LogP contribution in [0.3, 0.4) is 0 Å². The zero-order chi connectivity index (χ0) is 19.5. The fourth-order valence-corrected chi connectivity index (χ4v) is 6.29. The fraction of sp³-hybridized carbons (Fsp3) is 0.632. The molecule has 8 heteroatoms. The maximum atomic E-state index is 13.3. The molecule has 27 heavy (non-hydrogen) atoms. The largest absolute Gasteiger partial charge is 0.369 e. The predicted octanol–water partition coefficient (Wildman–Crippen LogP) is 1.81. The Hall–Kier alpha value is -1.64. The van der Waals surface area contributed by atoms with E-state index >= 15 is 0 Å². The molecule has 1 saturated heterocycles. The van der Waals surface area contributed by atoms with E-state index in [1.165, 1.54) is 0 Å². The van der Waals surface area contributed by atoms with Gasteiger partial charge in [-0.25, -0.2) is 13.9 Å². The molecule has 0 unspecified atom stereocenters. The highest BCUT2D eigenvalue weighted by molar-refractivity contribution is 7.93. The summed E-state index contributed by atoms with van der Waals surface area (Å²) in [6.07, 6.45) is 2.70. The standard InChI is InChI=1S/C19H29N3O4S/c1-2-21-12-14-22(15-13-21)16-6-8-17(9-7-16)27(25,26)19(18(23)20-24)10-4-3-5-11-19/h6-9,24H,2-5,10-15H2,1H3,(H,20,23). The molecule has 2 fully saturated rings. The van der Waals surface area contributed by atoms with Gasteiger partial charge in [-0.05, 0) is 43.7 Å². The van der Waals surface area contributed by atoms with Crippen molar-refractivity contribution in [1.29, 1.82) is 0 Å². The quantitative estimate of drug-likeness (QED) is 0.584. The van der Waals surface area contributed by atoms with Crippen molar-refractivity contribution >= 4 is 21.4 Å². The number of benzene rings is 1. The normalized spacial score (nSPS) is 21.0. The van der Waals surface area contributed by atoms with Crippen molar-refractivity contribution in [3.63, 3.8) is 0 Å². The number of hydroxylamine groups is 1. The lowest BCUT2D eigenvalue weighted by atomic mass is 9.88. The molecule has 0 atom stereocenters. The Balaban J connectivity index is 1.83. The number of anilines is 1. The molecule has 0 radical (unpaired) electrons. The van der Waals surface area contributed by atoms with E-state index in [0.717, 1.165) is 44.8 Å². The number of carbonyl (C=O) groups excluding carboxylic acids is 1. The Bertz CT molecular complexity index is 750. The second kappa shape index (κ2) is 8.16. The third kappa shape index (κ3) is 3.70. The van der Waals surface area contributed by atoms with Gasteiger partial charge >= 0.3 is 0 Å². The number of rotatable bonds is 5. The van der Waals surface area contributed by atoms with Gasteiger partial charge in [0.05, 0.1) is 4.90 Å². The van der Waals surface area contributed by atoms with Crippen LogP contribution in [0.5, 0.6) is 0 Å². The van der Waals surface area contributed by atoms with E-state index in [0.29, 0.717) is 12.8 Å². The number of nitrogens with one attached hydrogen (secondary N) is 1. The molecule has 0 spiro atoms. The van der Waals surface area contributed by atoms with Gasteiger partial charge in [-0.2, -0.15) is 0 Å². The van der Waals surface area contributed by atoms with Gasteiger partial charge in [0.15, 0.2) is 14.6 Å². The minimum absolute atomic E-state index is 0.143. The summed E-state index contributed by atoms with van der Waals surface area (Å²) in [6, 6.07) is 6.83. The number of amides is 1. The van der Waals surface area contributed by atoms with E-state index in [2.05, 4.69) is 16.7 Å². The van der Waals surface area contributed by atoms with Crippen molar-refractivity contribution in [2.45, 2.75) is 48.7 Å². The fourth-order valence-electron chi connectivity index (χ4n) is 4.23. The molecular formula is C19H29N3O4S. The Morgan fingerprint density at radius 3 is 2.19 bits per heavy atom. The van der Waals surface area contributed by atoms with Crippen molar-refractivity contribution in [2.24, 2.45) is 0 Å². The van der Waals surface area contributed by atoms with Gasteiger partial charge in [-0.15, -0.1) is 0 Å². The monoisotopic (exact) mass is 395 g/mol. The molecule has 1 amide bonds. The summed E-state index contributed by atoms with van der Waals surface area (Å²) in [5, 5.41) is 9.14. The van der Waals surface area contributed by atoms with Gasteiger partial charge in [0, 0.05) is 31.9 Å². The third-order valence-corrected chi connectivity index (χ3v) is 8.54. The SMILES string of the molecule is CCN1CCN(c2ccc(S(=O)(=O)C3(C(=O)NO)CCCCC3)cc2)CC1. The molecule has 2 aliphatic rings. The maximum absolute atomic E-state index is 13.3. The Morgan fingerprint density at radius 2 is 1.67 bits per heavy atom. The molecule has 1 heterocycles. The van der Waals surface area contributed by atoms with Crippen LogP contribution in [0.2, 0.25) is 0 Å². The first kappa shape index (κ1) is 20.1. The molecule has 1 saturated carbocycles. The Kier molecular flexibility index (Phi) is 6.08. The van der Waals surface area contributed by atoms with E-state index < -0.39 is 20.5 Å². The zero-order valence-corrected chi connectivity index (χ0v) is 16.7. The van der Waals surface area contributed by atoms with Crippen LogP contribution in [0, 0.1) is 0 Å². The number of hydrogen-bond acceptors (Lipinski definition) is 6. The first-order valence-electron chi connectivity index (χ1n) is 9.71. The van der Waals surface area contributed by atoms with Crippen molar-refractivity contribution in [3.8, 4) is 0 Å². The van der Waals surface area contributed by atoms with Crippen molar-refractivity contribution in [2.75, 3.05) is 37.6 Å². The smallest absolute Gasteiger partial charge is 0.265 e. The summed E-state index contributed by atoms with van der Waals surface area (Å²) < 4.78 is 25.0. The van der Waals surface area contributed by atoms with Crippen LogP contribution in [0.1, 0.15) is 39.0 Å². The van der Waals surface area contributed by atoms with Crippen LogP contribution < -0.4 is 10.4 Å². The molecule has 1 aromatic rings. The maximum Gasteiger partial charge on any atom is 0.265 e. The van der Waals surface area contributed by atoms with Crippen molar-refractivity contribution in [3.05, 3.63) is 24.3 Å². The average Bonchev–Trinajstić information content (AvgIpc) is 2.73. The molecule has 2 N–H and O–H groups in total. The van der Waals surface area contributed by atoms with Gasteiger partial charge in [-0.1, -0.05) is 26.2 Å². The summed E-state index contributed by atoms with van der Waals surface area (Å²) in [7, 11) is -3.89. The highest BCUT2D eigenvalue weighted by Gasteiger charge is 2.51. The third-order valence-electron chi connectivity index (χ3n) is 6.02. The number of sulfone groups is 1. The molecular weight excluding hydrogens is 366 g/mol. The first-order valence-corrected chi connectivity index (χ1v) is 11.2. The number of carbonyl (C=O) groups is 1. The minimum Gasteiger partial charge on any atom is -0.369 e. The van der Waals surface area contributed by atoms with E-state index in [9.17, 15) is 13.2 Å². The molecule has 1 aliphatic carbocycles. The number of piperazine rings is 1. The molecule has 1 aromatic carbocycles. The van der Waals surface area contributed by atoms with Gasteiger partial charge in [0.1, 0.15) is 0 Å². The van der Waals surface area contributed by atoms with Crippen molar-refractivity contribution < 1.29 is 18.4 Å². The second-order valence-corrected chi connectivity index (χ2v) is 9.67. The highest BCUT2D eigenvalue weighted by Crippen LogP contribution is 2.39. The summed E-state index contributed by atoms with van der Waals surface area (Å²) in [5.74, 6) is -0.818. The highest BCUT2D eigenvalue weighted by atomic mass is 32.2. The Labute approximate surface area is 161 Å². The van der Waals surface area contributed by atoms with E-state index in [1.807, 2.05) is 12.1 Å². The van der Waals surface area contributed by atoms with Crippen LogP contribution in [0.4, 0.5) is 5.69 Å². The van der Waals surface area contributed by atoms with Crippen LogP contribution in [-0.4, -0.2) is 61.9 Å². The summed E-state index contributed by atoms with van der Waals surface area (Å²) in [5.41, 5.74) is 2.59. The molecule has 150 valence electrons. The molecule has 3 rings (SSSR count). The zero-order valence-electron chi connectivity index (χ0n) is 15.9. The van der Waals surface area contributed by atoms with Crippen LogP contribution in [-0.2, 0) is 14.6 Å². The van der Waals surface area contributed by atoms with Crippen LogP contribution in [0.25, 0.3) is 0 Å². The summed E-state index contributed by atoms with van der Waals surface area (Å²) >= 11 is 0. The molecule has 0 bridgehead atoms. The lowest BCUT2D eigenvalue weighted by Gasteiger charge is -2.36. The van der Waals surface area contributed by atoms with E-state index in [4.69, 9.17) is 5.21 Å². The van der Waals surface area contributed by atoms with Gasteiger partial charge < -0.3 is 9.80 Å². The van der Waals surface area contributed by atoms with Gasteiger partial charge in [0.25, 0.3) is 5.91 Å². The van der Waals surface area contributed by atoms with Crippen molar-refractivity contribution in [1.82, 2.24) is 10.4 Å². The summed E-state index contributed by atoms with van der Waals surface area (Å²) in [6.45, 7) is 7.01. The Morgan fingerprint density at radius 1 is 1.07 bits per heavy atom. The summed E-state index contributed by atoms with van der Waals surface area (Å²) in [4.78, 5) is 17.1. The predicted molar refractivity (Wildman–Crippen MR) is 104 cm³/mol. The van der Waals surface area contributed by atoms with Crippen LogP contribution >= 0.6 is 0 Å². The van der Waals surface area contributed by atoms with Crippen LogP contribution in [0.15, 0.2) is 29.2 Å². The van der Waals surface area contributed by atoms with Gasteiger partial charge in [0.2, 0.25) is 0 Å². The average molecular weight is 396 g/mol. The molecule has 1 aliphatic heterocycles. The number of nitrogens with zero attached hydrogens (tertiary/aromatic N) is 2.